The van der Waals surface area contributed by atoms with Crippen molar-refractivity contribution in [2.45, 2.75) is 59.4 Å². The second kappa shape index (κ2) is 6.21. The maximum absolute atomic E-state index is 12.4. The monoisotopic (exact) mass is 284 g/mol. The molecule has 0 bridgehead atoms. The summed E-state index contributed by atoms with van der Waals surface area (Å²) in [6, 6.07) is -0.150. The molecule has 1 unspecified atom stereocenters. The molecule has 0 aromatic carbocycles. The molecule has 1 saturated carbocycles. The van der Waals surface area contributed by atoms with E-state index in [0.717, 1.165) is 31.6 Å². The second-order valence-corrected chi connectivity index (χ2v) is 7.41. The molecule has 1 rings (SSSR count). The van der Waals surface area contributed by atoms with Crippen LogP contribution in [0.1, 0.15) is 53.4 Å². The summed E-state index contributed by atoms with van der Waals surface area (Å²) < 4.78 is 0. The fourth-order valence-corrected chi connectivity index (χ4v) is 3.03. The Labute approximate surface area is 122 Å². The molecular formula is C15H28N2OS. The molecule has 0 spiro atoms. The summed E-state index contributed by atoms with van der Waals surface area (Å²) in [5.41, 5.74) is 5.97. The van der Waals surface area contributed by atoms with Crippen molar-refractivity contribution in [3.63, 3.8) is 0 Å². The lowest BCUT2D eigenvalue weighted by Gasteiger charge is -2.38. The summed E-state index contributed by atoms with van der Waals surface area (Å²) in [6.45, 7) is 8.77. The van der Waals surface area contributed by atoms with Crippen LogP contribution in [0.3, 0.4) is 0 Å². The molecule has 4 heteroatoms. The molecule has 0 radical (unpaired) electrons. The number of carbonyl (C=O) groups excluding carboxylic acids is 1. The molecule has 1 aliphatic rings. The number of nitrogens with two attached hydrogens (primary N) is 1. The summed E-state index contributed by atoms with van der Waals surface area (Å²) in [5.74, 6) is 1.09. The molecule has 0 aliphatic heterocycles. The highest BCUT2D eigenvalue weighted by molar-refractivity contribution is 7.80. The van der Waals surface area contributed by atoms with Gasteiger partial charge in [-0.25, -0.2) is 0 Å². The van der Waals surface area contributed by atoms with Crippen molar-refractivity contribution in [2.75, 3.05) is 7.05 Å². The van der Waals surface area contributed by atoms with Gasteiger partial charge in [0.2, 0.25) is 5.91 Å². The zero-order valence-electron chi connectivity index (χ0n) is 12.9. The predicted octanol–water partition coefficient (Wildman–Crippen LogP) is 2.97. The lowest BCUT2D eigenvalue weighted by Crippen LogP contribution is -2.46. The average Bonchev–Trinajstić information content (AvgIpc) is 2.35. The van der Waals surface area contributed by atoms with Crippen LogP contribution in [0.2, 0.25) is 0 Å². The number of nitrogens with zero attached hydrogens (tertiary/aromatic N) is 1. The van der Waals surface area contributed by atoms with Crippen LogP contribution in [0.4, 0.5) is 0 Å². The van der Waals surface area contributed by atoms with Gasteiger partial charge in [0.05, 0.1) is 11.0 Å². The van der Waals surface area contributed by atoms with E-state index in [4.69, 9.17) is 18.0 Å². The summed E-state index contributed by atoms with van der Waals surface area (Å²) in [4.78, 5) is 14.5. The Morgan fingerprint density at radius 1 is 1.26 bits per heavy atom. The third-order valence-corrected chi connectivity index (χ3v) is 4.98. The van der Waals surface area contributed by atoms with E-state index in [1.54, 1.807) is 4.90 Å². The SMILES string of the molecule is CC(C(N)=S)N(C)C(=O)C1CCC(C(C)(C)C)CC1. The zero-order chi connectivity index (χ0) is 14.8. The number of likely N-dealkylation sites (N-methyl/N-ethyl adjacent to an activating group) is 1. The van der Waals surface area contributed by atoms with Crippen LogP contribution < -0.4 is 5.73 Å². The number of hydrogen-bond acceptors (Lipinski definition) is 2. The van der Waals surface area contributed by atoms with Gasteiger partial charge in [-0.05, 0) is 43.9 Å². The fourth-order valence-electron chi connectivity index (χ4n) is 2.88. The molecule has 1 atom stereocenters. The van der Waals surface area contributed by atoms with Gasteiger partial charge in [0, 0.05) is 13.0 Å². The maximum atomic E-state index is 12.4. The molecule has 19 heavy (non-hydrogen) atoms. The summed E-state index contributed by atoms with van der Waals surface area (Å²) in [7, 11) is 1.81. The van der Waals surface area contributed by atoms with Gasteiger partial charge in [0.1, 0.15) is 0 Å². The molecule has 3 nitrogen and oxygen atoms in total. The highest BCUT2D eigenvalue weighted by Gasteiger charge is 2.34. The number of amides is 1. The van der Waals surface area contributed by atoms with E-state index >= 15 is 0 Å². The van der Waals surface area contributed by atoms with Crippen LogP contribution >= 0.6 is 12.2 Å². The number of carbonyl (C=O) groups is 1. The Morgan fingerprint density at radius 2 is 1.74 bits per heavy atom. The van der Waals surface area contributed by atoms with E-state index in [9.17, 15) is 4.79 Å². The molecule has 110 valence electrons. The molecular weight excluding hydrogens is 256 g/mol. The van der Waals surface area contributed by atoms with Crippen molar-refractivity contribution in [1.29, 1.82) is 0 Å². The maximum Gasteiger partial charge on any atom is 0.226 e. The van der Waals surface area contributed by atoms with E-state index in [2.05, 4.69) is 20.8 Å². The molecule has 0 aromatic heterocycles. The van der Waals surface area contributed by atoms with Crippen LogP contribution in [-0.2, 0) is 4.79 Å². The van der Waals surface area contributed by atoms with Crippen LogP contribution in [0.25, 0.3) is 0 Å². The molecule has 0 heterocycles. The van der Waals surface area contributed by atoms with Crippen molar-refractivity contribution in [2.24, 2.45) is 23.0 Å². The molecule has 1 amide bonds. The number of thiocarbonyl (C=S) groups is 1. The summed E-state index contributed by atoms with van der Waals surface area (Å²) >= 11 is 4.97. The topological polar surface area (TPSA) is 46.3 Å². The summed E-state index contributed by atoms with van der Waals surface area (Å²) in [6.07, 6.45) is 4.29. The van der Waals surface area contributed by atoms with Gasteiger partial charge < -0.3 is 10.6 Å². The Hall–Kier alpha value is -0.640. The number of hydrogen-bond donors (Lipinski definition) is 1. The Bertz CT molecular complexity index is 341. The molecule has 0 saturated heterocycles. The van der Waals surface area contributed by atoms with Gasteiger partial charge >= 0.3 is 0 Å². The van der Waals surface area contributed by atoms with E-state index in [1.807, 2.05) is 14.0 Å². The first kappa shape index (κ1) is 16.4. The molecule has 1 fully saturated rings. The van der Waals surface area contributed by atoms with Crippen molar-refractivity contribution in [3.05, 3.63) is 0 Å². The van der Waals surface area contributed by atoms with Crippen molar-refractivity contribution in [3.8, 4) is 0 Å². The first-order valence-electron chi connectivity index (χ1n) is 7.20. The number of rotatable bonds is 3. The van der Waals surface area contributed by atoms with Crippen molar-refractivity contribution >= 4 is 23.1 Å². The van der Waals surface area contributed by atoms with Crippen LogP contribution in [-0.4, -0.2) is 28.9 Å². The van der Waals surface area contributed by atoms with Crippen LogP contribution in [0.5, 0.6) is 0 Å². The Balaban J connectivity index is 2.56. The van der Waals surface area contributed by atoms with Gasteiger partial charge in [-0.15, -0.1) is 0 Å². The molecule has 2 N–H and O–H groups in total. The highest BCUT2D eigenvalue weighted by atomic mass is 32.1. The third-order valence-electron chi connectivity index (χ3n) is 4.64. The lowest BCUT2D eigenvalue weighted by molar-refractivity contribution is -0.136. The molecule has 1 aliphatic carbocycles. The zero-order valence-corrected chi connectivity index (χ0v) is 13.7. The minimum Gasteiger partial charge on any atom is -0.392 e. The smallest absolute Gasteiger partial charge is 0.226 e. The lowest BCUT2D eigenvalue weighted by atomic mass is 9.69. The Kier molecular flexibility index (Phi) is 5.36. The average molecular weight is 284 g/mol. The largest absolute Gasteiger partial charge is 0.392 e. The van der Waals surface area contributed by atoms with E-state index in [1.165, 1.54) is 0 Å². The first-order chi connectivity index (χ1) is 8.64. The van der Waals surface area contributed by atoms with Gasteiger partial charge in [-0.1, -0.05) is 33.0 Å². The minimum atomic E-state index is -0.150. The second-order valence-electron chi connectivity index (χ2n) is 6.94. The van der Waals surface area contributed by atoms with Crippen molar-refractivity contribution < 1.29 is 4.79 Å². The van der Waals surface area contributed by atoms with Crippen molar-refractivity contribution in [1.82, 2.24) is 4.90 Å². The van der Waals surface area contributed by atoms with Gasteiger partial charge in [0.15, 0.2) is 0 Å². The van der Waals surface area contributed by atoms with E-state index in [-0.39, 0.29) is 17.9 Å². The standard InChI is InChI=1S/C15H28N2OS/c1-10(13(16)19)17(5)14(18)11-6-8-12(9-7-11)15(2,3)4/h10-12H,6-9H2,1-5H3,(H2,16,19). The van der Waals surface area contributed by atoms with Gasteiger partial charge in [-0.2, -0.15) is 0 Å². The van der Waals surface area contributed by atoms with Crippen LogP contribution in [0, 0.1) is 17.3 Å². The first-order valence-corrected chi connectivity index (χ1v) is 7.61. The van der Waals surface area contributed by atoms with Gasteiger partial charge in [-0.3, -0.25) is 4.79 Å². The normalized spacial score (nSPS) is 25.7. The van der Waals surface area contributed by atoms with E-state index < -0.39 is 0 Å². The fraction of sp³-hybridized carbons (Fsp3) is 0.867. The van der Waals surface area contributed by atoms with Crippen LogP contribution in [0.15, 0.2) is 0 Å². The highest BCUT2D eigenvalue weighted by Crippen LogP contribution is 2.40. The molecule has 0 aromatic rings. The van der Waals surface area contributed by atoms with E-state index in [0.29, 0.717) is 10.4 Å². The third kappa shape index (κ3) is 4.16. The minimum absolute atomic E-state index is 0.150. The predicted molar refractivity (Wildman–Crippen MR) is 83.9 cm³/mol. The quantitative estimate of drug-likeness (QED) is 0.810. The van der Waals surface area contributed by atoms with Gasteiger partial charge in [0.25, 0.3) is 0 Å². The Morgan fingerprint density at radius 3 is 2.11 bits per heavy atom. The summed E-state index contributed by atoms with van der Waals surface area (Å²) in [5, 5.41) is 0.